The molecule has 0 aromatic rings. The van der Waals surface area contributed by atoms with Crippen molar-refractivity contribution in [1.82, 2.24) is 10.2 Å². The van der Waals surface area contributed by atoms with Gasteiger partial charge in [-0.2, -0.15) is 0 Å². The van der Waals surface area contributed by atoms with Crippen molar-refractivity contribution in [2.45, 2.75) is 38.6 Å². The molecule has 0 spiro atoms. The molecule has 5 nitrogen and oxygen atoms in total. The van der Waals surface area contributed by atoms with Crippen molar-refractivity contribution in [3.8, 4) is 0 Å². The molecule has 1 aliphatic rings. The van der Waals surface area contributed by atoms with Crippen molar-refractivity contribution < 1.29 is 14.7 Å². The third-order valence-corrected chi connectivity index (χ3v) is 2.74. The molecular formula is C11H20N2O3. The summed E-state index contributed by atoms with van der Waals surface area (Å²) in [6.07, 6.45) is 2.99. The molecule has 0 saturated heterocycles. The van der Waals surface area contributed by atoms with E-state index in [0.717, 1.165) is 6.54 Å². The van der Waals surface area contributed by atoms with E-state index in [1.807, 2.05) is 6.92 Å². The number of aliphatic carboxylic acids is 1. The summed E-state index contributed by atoms with van der Waals surface area (Å²) in [4.78, 5) is 23.7. The molecule has 0 aliphatic heterocycles. The van der Waals surface area contributed by atoms with Gasteiger partial charge in [-0.15, -0.1) is 0 Å². The Morgan fingerprint density at radius 2 is 2.12 bits per heavy atom. The van der Waals surface area contributed by atoms with E-state index in [1.54, 1.807) is 11.9 Å². The number of hydrogen-bond donors (Lipinski definition) is 2. The minimum absolute atomic E-state index is 0.0911. The van der Waals surface area contributed by atoms with Gasteiger partial charge in [0.15, 0.2) is 0 Å². The Hall–Kier alpha value is -1.26. The second kappa shape index (κ2) is 5.72. The Bertz CT molecular complexity index is 264. The fourth-order valence-corrected chi connectivity index (χ4v) is 1.50. The number of rotatable bonds is 6. The smallest absolute Gasteiger partial charge is 0.317 e. The lowest BCUT2D eigenvalue weighted by atomic mass is 10.2. The van der Waals surface area contributed by atoms with Gasteiger partial charge in [-0.05, 0) is 32.1 Å². The molecule has 0 radical (unpaired) electrons. The molecular weight excluding hydrogens is 208 g/mol. The highest BCUT2D eigenvalue weighted by Crippen LogP contribution is 2.29. The zero-order valence-electron chi connectivity index (χ0n) is 9.90. The Morgan fingerprint density at radius 1 is 1.50 bits per heavy atom. The quantitative estimate of drug-likeness (QED) is 0.719. The molecule has 1 rings (SSSR count). The van der Waals surface area contributed by atoms with E-state index in [2.05, 4.69) is 5.32 Å². The first-order valence-electron chi connectivity index (χ1n) is 5.72. The number of carbonyl (C=O) groups excluding carboxylic acids is 1. The number of amides is 2. The maximum Gasteiger partial charge on any atom is 0.317 e. The molecule has 2 amide bonds. The van der Waals surface area contributed by atoms with Gasteiger partial charge in [0, 0.05) is 26.1 Å². The monoisotopic (exact) mass is 228 g/mol. The van der Waals surface area contributed by atoms with E-state index in [-0.39, 0.29) is 18.5 Å². The van der Waals surface area contributed by atoms with Gasteiger partial charge in [-0.1, -0.05) is 0 Å². The van der Waals surface area contributed by atoms with Crippen LogP contribution in [-0.4, -0.2) is 41.6 Å². The number of carbonyl (C=O) groups is 2. The highest BCUT2D eigenvalue weighted by molar-refractivity contribution is 5.74. The zero-order chi connectivity index (χ0) is 12.1. The summed E-state index contributed by atoms with van der Waals surface area (Å²) in [5.74, 6) is -0.155. The molecule has 1 saturated carbocycles. The van der Waals surface area contributed by atoms with Crippen molar-refractivity contribution in [1.29, 1.82) is 0 Å². The predicted octanol–water partition coefficient (Wildman–Crippen LogP) is 1.29. The van der Waals surface area contributed by atoms with E-state index in [1.165, 1.54) is 12.8 Å². The first-order chi connectivity index (χ1) is 7.49. The van der Waals surface area contributed by atoms with Gasteiger partial charge in [0.2, 0.25) is 0 Å². The molecule has 1 aliphatic carbocycles. The number of urea groups is 1. The maximum atomic E-state index is 11.6. The predicted molar refractivity (Wildman–Crippen MR) is 60.2 cm³/mol. The average molecular weight is 228 g/mol. The molecule has 92 valence electrons. The maximum absolute atomic E-state index is 11.6. The van der Waals surface area contributed by atoms with Gasteiger partial charge in [-0.3, -0.25) is 4.79 Å². The Morgan fingerprint density at radius 3 is 2.62 bits per heavy atom. The van der Waals surface area contributed by atoms with Crippen LogP contribution in [-0.2, 0) is 4.79 Å². The van der Waals surface area contributed by atoms with Gasteiger partial charge < -0.3 is 15.3 Å². The molecule has 1 fully saturated rings. The third-order valence-electron chi connectivity index (χ3n) is 2.74. The Balaban J connectivity index is 2.17. The van der Waals surface area contributed by atoms with Crippen molar-refractivity contribution in [3.63, 3.8) is 0 Å². The summed E-state index contributed by atoms with van der Waals surface area (Å²) in [5, 5.41) is 11.3. The lowest BCUT2D eigenvalue weighted by molar-refractivity contribution is -0.137. The number of carboxylic acid groups (broad SMARTS) is 1. The van der Waals surface area contributed by atoms with Crippen LogP contribution < -0.4 is 5.32 Å². The van der Waals surface area contributed by atoms with Crippen molar-refractivity contribution >= 4 is 12.0 Å². The van der Waals surface area contributed by atoms with Gasteiger partial charge in [-0.25, -0.2) is 4.79 Å². The van der Waals surface area contributed by atoms with Gasteiger partial charge in [0.25, 0.3) is 0 Å². The van der Waals surface area contributed by atoms with Gasteiger partial charge >= 0.3 is 12.0 Å². The fourth-order valence-electron chi connectivity index (χ4n) is 1.50. The lowest BCUT2D eigenvalue weighted by Crippen LogP contribution is -2.42. The second-order valence-corrected chi connectivity index (χ2v) is 4.61. The SMILES string of the molecule is CC(CCC(=O)O)NC(=O)N(C)CC1CC1. The number of carboxylic acids is 1. The Kier molecular flexibility index (Phi) is 4.58. The third kappa shape index (κ3) is 5.00. The fraction of sp³-hybridized carbons (Fsp3) is 0.818. The molecule has 0 aromatic heterocycles. The highest BCUT2D eigenvalue weighted by Gasteiger charge is 2.25. The Labute approximate surface area is 95.8 Å². The minimum atomic E-state index is -0.826. The van der Waals surface area contributed by atoms with E-state index < -0.39 is 5.97 Å². The zero-order valence-corrected chi connectivity index (χ0v) is 9.90. The van der Waals surface area contributed by atoms with Gasteiger partial charge in [0.05, 0.1) is 0 Å². The van der Waals surface area contributed by atoms with E-state index in [9.17, 15) is 9.59 Å². The summed E-state index contributed by atoms with van der Waals surface area (Å²) >= 11 is 0. The summed E-state index contributed by atoms with van der Waals surface area (Å²) in [6.45, 7) is 2.63. The number of hydrogen-bond acceptors (Lipinski definition) is 2. The summed E-state index contributed by atoms with van der Waals surface area (Å²) in [5.41, 5.74) is 0. The van der Waals surface area contributed by atoms with Crippen LogP contribution in [0.25, 0.3) is 0 Å². The summed E-state index contributed by atoms with van der Waals surface area (Å²) < 4.78 is 0. The van der Waals surface area contributed by atoms with Crippen LogP contribution in [0.5, 0.6) is 0 Å². The standard InChI is InChI=1S/C11H20N2O3/c1-8(3-6-10(14)15)12-11(16)13(2)7-9-4-5-9/h8-9H,3-7H2,1-2H3,(H,12,16)(H,14,15). The van der Waals surface area contributed by atoms with E-state index >= 15 is 0 Å². The molecule has 0 bridgehead atoms. The second-order valence-electron chi connectivity index (χ2n) is 4.61. The van der Waals surface area contributed by atoms with Crippen LogP contribution in [0.2, 0.25) is 0 Å². The van der Waals surface area contributed by atoms with Crippen LogP contribution in [0, 0.1) is 5.92 Å². The molecule has 0 aromatic carbocycles. The topological polar surface area (TPSA) is 69.6 Å². The molecule has 0 heterocycles. The normalized spacial score (nSPS) is 16.6. The molecule has 2 N–H and O–H groups in total. The van der Waals surface area contributed by atoms with Crippen molar-refractivity contribution in [2.24, 2.45) is 5.92 Å². The summed E-state index contributed by atoms with van der Waals surface area (Å²) in [7, 11) is 1.78. The summed E-state index contributed by atoms with van der Waals surface area (Å²) in [6, 6.07) is -0.199. The molecule has 16 heavy (non-hydrogen) atoms. The van der Waals surface area contributed by atoms with Crippen LogP contribution in [0.1, 0.15) is 32.6 Å². The van der Waals surface area contributed by atoms with E-state index in [4.69, 9.17) is 5.11 Å². The van der Waals surface area contributed by atoms with E-state index in [0.29, 0.717) is 12.3 Å². The molecule has 1 unspecified atom stereocenters. The van der Waals surface area contributed by atoms with Crippen LogP contribution in [0.4, 0.5) is 4.79 Å². The molecule has 5 heteroatoms. The van der Waals surface area contributed by atoms with Crippen LogP contribution >= 0.6 is 0 Å². The largest absolute Gasteiger partial charge is 0.481 e. The average Bonchev–Trinajstić information content (AvgIpc) is 2.98. The first kappa shape index (κ1) is 12.8. The van der Waals surface area contributed by atoms with Crippen LogP contribution in [0.15, 0.2) is 0 Å². The first-order valence-corrected chi connectivity index (χ1v) is 5.72. The van der Waals surface area contributed by atoms with Crippen molar-refractivity contribution in [3.05, 3.63) is 0 Å². The van der Waals surface area contributed by atoms with Crippen LogP contribution in [0.3, 0.4) is 0 Å². The number of nitrogens with zero attached hydrogens (tertiary/aromatic N) is 1. The number of nitrogens with one attached hydrogen (secondary N) is 1. The minimum Gasteiger partial charge on any atom is -0.481 e. The van der Waals surface area contributed by atoms with Gasteiger partial charge in [0.1, 0.15) is 0 Å². The highest BCUT2D eigenvalue weighted by atomic mass is 16.4. The molecule has 1 atom stereocenters. The van der Waals surface area contributed by atoms with Crippen molar-refractivity contribution in [2.75, 3.05) is 13.6 Å². The lowest BCUT2D eigenvalue weighted by Gasteiger charge is -2.20.